The smallest absolute Gasteiger partial charge is 0.275 e. The summed E-state index contributed by atoms with van der Waals surface area (Å²) in [4.78, 5) is 20.4. The summed E-state index contributed by atoms with van der Waals surface area (Å²) in [6.07, 6.45) is 5.62. The van der Waals surface area contributed by atoms with E-state index in [4.69, 9.17) is 0 Å². The largest absolute Gasteiger partial charge is 0.391 e. The first-order valence-electron chi connectivity index (χ1n) is 12.2. The number of aliphatic hydroxyl groups excluding tert-OH is 1. The molecule has 1 saturated carbocycles. The van der Waals surface area contributed by atoms with Crippen LogP contribution in [0.5, 0.6) is 0 Å². The van der Waals surface area contributed by atoms with Crippen LogP contribution in [0, 0.1) is 5.82 Å². The number of aromatic nitrogens is 2. The van der Waals surface area contributed by atoms with Crippen molar-refractivity contribution in [2.24, 2.45) is 0 Å². The number of piperazine rings is 1. The second-order valence-corrected chi connectivity index (χ2v) is 9.32. The molecular formula is C27H31FN4O2. The van der Waals surface area contributed by atoms with Gasteiger partial charge in [0.05, 0.1) is 24.2 Å². The number of hydrogen-bond donors (Lipinski definition) is 2. The molecule has 1 saturated heterocycles. The fourth-order valence-corrected chi connectivity index (χ4v) is 5.31. The minimum absolute atomic E-state index is 0.0549. The van der Waals surface area contributed by atoms with Crippen LogP contribution in [0.15, 0.2) is 60.9 Å². The van der Waals surface area contributed by atoms with Crippen molar-refractivity contribution >= 4 is 5.91 Å². The van der Waals surface area contributed by atoms with Crippen molar-refractivity contribution in [2.45, 2.75) is 50.3 Å². The Balaban J connectivity index is 1.49. The van der Waals surface area contributed by atoms with E-state index >= 15 is 0 Å². The summed E-state index contributed by atoms with van der Waals surface area (Å²) < 4.78 is 15.4. The van der Waals surface area contributed by atoms with E-state index in [1.165, 1.54) is 12.1 Å². The molecule has 2 heterocycles. The predicted octanol–water partition coefficient (Wildman–Crippen LogP) is 3.82. The summed E-state index contributed by atoms with van der Waals surface area (Å²) in [6, 6.07) is 16.2. The molecular weight excluding hydrogens is 431 g/mol. The monoisotopic (exact) mass is 462 g/mol. The topological polar surface area (TPSA) is 70.4 Å². The molecule has 7 heteroatoms. The Morgan fingerprint density at radius 3 is 2.62 bits per heavy atom. The van der Waals surface area contributed by atoms with Crippen molar-refractivity contribution in [3.8, 4) is 11.3 Å². The van der Waals surface area contributed by atoms with Crippen molar-refractivity contribution < 1.29 is 14.3 Å². The van der Waals surface area contributed by atoms with E-state index in [-0.39, 0.29) is 23.8 Å². The highest BCUT2D eigenvalue weighted by Crippen LogP contribution is 2.35. The summed E-state index contributed by atoms with van der Waals surface area (Å²) in [5.74, 6) is -0.363. The summed E-state index contributed by atoms with van der Waals surface area (Å²) >= 11 is 0. The van der Waals surface area contributed by atoms with Gasteiger partial charge in [0.25, 0.3) is 5.91 Å². The van der Waals surface area contributed by atoms with Gasteiger partial charge >= 0.3 is 0 Å². The number of rotatable bonds is 5. The Kier molecular flexibility index (Phi) is 6.74. The van der Waals surface area contributed by atoms with Gasteiger partial charge in [-0.05, 0) is 37.0 Å². The van der Waals surface area contributed by atoms with Crippen LogP contribution < -0.4 is 5.32 Å². The molecule has 1 amide bonds. The lowest BCUT2D eigenvalue weighted by Crippen LogP contribution is -2.54. The molecule has 2 fully saturated rings. The standard InChI is InChI=1S/C27H31FN4O2/c28-21-12-10-19(11-13-21)16-22-17-29-14-15-31(22)27(34)25-26(20-6-2-1-3-7-20)32(18-30-25)23-8-4-5-9-24(23)33/h1-3,6-7,10-13,18,22-24,29,33H,4-5,8-9,14-17H2/t22-,23+,24-/m1/s1. The van der Waals surface area contributed by atoms with Crippen LogP contribution in [-0.2, 0) is 6.42 Å². The van der Waals surface area contributed by atoms with Gasteiger partial charge in [-0.2, -0.15) is 0 Å². The van der Waals surface area contributed by atoms with Gasteiger partial charge in [-0.1, -0.05) is 55.3 Å². The molecule has 0 radical (unpaired) electrons. The average molecular weight is 463 g/mol. The van der Waals surface area contributed by atoms with Crippen molar-refractivity contribution in [1.29, 1.82) is 0 Å². The Hall–Kier alpha value is -3.03. The molecule has 1 aliphatic heterocycles. The first kappa shape index (κ1) is 22.7. The second kappa shape index (κ2) is 10.1. The molecule has 1 aliphatic carbocycles. The molecule has 3 atom stereocenters. The number of aliphatic hydroxyl groups is 1. The third-order valence-electron chi connectivity index (χ3n) is 7.09. The van der Waals surface area contributed by atoms with Gasteiger partial charge in [0.15, 0.2) is 5.69 Å². The molecule has 3 aromatic rings. The van der Waals surface area contributed by atoms with Crippen LogP contribution in [0.4, 0.5) is 4.39 Å². The second-order valence-electron chi connectivity index (χ2n) is 9.32. The summed E-state index contributed by atoms with van der Waals surface area (Å²) in [5.41, 5.74) is 3.11. The zero-order valence-corrected chi connectivity index (χ0v) is 19.2. The van der Waals surface area contributed by atoms with Crippen LogP contribution >= 0.6 is 0 Å². The number of benzene rings is 2. The Labute approximate surface area is 199 Å². The van der Waals surface area contributed by atoms with E-state index < -0.39 is 6.10 Å². The normalized spacial score (nSPS) is 23.1. The fourth-order valence-electron chi connectivity index (χ4n) is 5.31. The van der Waals surface area contributed by atoms with Crippen molar-refractivity contribution in [3.63, 3.8) is 0 Å². The zero-order valence-electron chi connectivity index (χ0n) is 19.2. The Morgan fingerprint density at radius 2 is 1.85 bits per heavy atom. The lowest BCUT2D eigenvalue weighted by atomic mass is 9.92. The molecule has 2 N–H and O–H groups in total. The lowest BCUT2D eigenvalue weighted by molar-refractivity contribution is 0.0629. The van der Waals surface area contributed by atoms with Crippen molar-refractivity contribution in [1.82, 2.24) is 19.8 Å². The molecule has 178 valence electrons. The molecule has 2 aromatic carbocycles. The van der Waals surface area contributed by atoms with Gasteiger partial charge < -0.3 is 19.9 Å². The SMILES string of the molecule is O=C(c1ncn([C@H]2CCCC[C@H]2O)c1-c1ccccc1)N1CCNC[C@H]1Cc1ccc(F)cc1. The van der Waals surface area contributed by atoms with E-state index in [9.17, 15) is 14.3 Å². The summed E-state index contributed by atoms with van der Waals surface area (Å²) in [6.45, 7) is 1.97. The van der Waals surface area contributed by atoms with E-state index in [2.05, 4.69) is 10.3 Å². The van der Waals surface area contributed by atoms with Gasteiger partial charge in [0.2, 0.25) is 0 Å². The maximum atomic E-state index is 13.9. The first-order valence-corrected chi connectivity index (χ1v) is 12.2. The third kappa shape index (κ3) is 4.63. The molecule has 2 aliphatic rings. The van der Waals surface area contributed by atoms with Crippen LogP contribution in [-0.4, -0.2) is 57.2 Å². The highest BCUT2D eigenvalue weighted by Gasteiger charge is 2.34. The minimum Gasteiger partial charge on any atom is -0.391 e. The number of carbonyl (C=O) groups is 1. The van der Waals surface area contributed by atoms with Crippen LogP contribution in [0.25, 0.3) is 11.3 Å². The number of nitrogens with one attached hydrogen (secondary N) is 1. The maximum Gasteiger partial charge on any atom is 0.275 e. The highest BCUT2D eigenvalue weighted by molar-refractivity contribution is 5.98. The molecule has 0 bridgehead atoms. The van der Waals surface area contributed by atoms with Crippen molar-refractivity contribution in [2.75, 3.05) is 19.6 Å². The van der Waals surface area contributed by atoms with Crippen molar-refractivity contribution in [3.05, 3.63) is 78.0 Å². The number of imidazole rings is 1. The third-order valence-corrected chi connectivity index (χ3v) is 7.09. The zero-order chi connectivity index (χ0) is 23.5. The van der Waals surface area contributed by atoms with E-state index in [1.807, 2.05) is 39.8 Å². The molecule has 34 heavy (non-hydrogen) atoms. The highest BCUT2D eigenvalue weighted by atomic mass is 19.1. The van der Waals surface area contributed by atoms with E-state index in [1.54, 1.807) is 18.5 Å². The van der Waals surface area contributed by atoms with Gasteiger partial charge in [-0.25, -0.2) is 9.37 Å². The summed E-state index contributed by atoms with van der Waals surface area (Å²) in [7, 11) is 0. The van der Waals surface area contributed by atoms with Gasteiger partial charge in [-0.15, -0.1) is 0 Å². The molecule has 0 spiro atoms. The predicted molar refractivity (Wildman–Crippen MR) is 129 cm³/mol. The van der Waals surface area contributed by atoms with Gasteiger partial charge in [0.1, 0.15) is 5.82 Å². The van der Waals surface area contributed by atoms with Gasteiger partial charge in [-0.3, -0.25) is 4.79 Å². The molecule has 1 aromatic heterocycles. The molecule has 5 rings (SSSR count). The van der Waals surface area contributed by atoms with Crippen LogP contribution in [0.2, 0.25) is 0 Å². The lowest BCUT2D eigenvalue weighted by Gasteiger charge is -2.36. The summed E-state index contributed by atoms with van der Waals surface area (Å²) in [5, 5.41) is 14.1. The number of hydrogen-bond acceptors (Lipinski definition) is 4. The molecule has 6 nitrogen and oxygen atoms in total. The van der Waals surface area contributed by atoms with E-state index in [0.717, 1.165) is 42.5 Å². The quantitative estimate of drug-likeness (QED) is 0.605. The number of carbonyl (C=O) groups excluding carboxylic acids is 1. The van der Waals surface area contributed by atoms with Crippen LogP contribution in [0.1, 0.15) is 47.8 Å². The van der Waals surface area contributed by atoms with E-state index in [0.29, 0.717) is 31.7 Å². The number of amides is 1. The number of nitrogens with zero attached hydrogens (tertiary/aromatic N) is 3. The van der Waals surface area contributed by atoms with Crippen LogP contribution in [0.3, 0.4) is 0 Å². The first-order chi connectivity index (χ1) is 16.6. The Morgan fingerprint density at radius 1 is 1.09 bits per heavy atom. The minimum atomic E-state index is -0.446. The molecule has 0 unspecified atom stereocenters. The Bertz CT molecular complexity index is 1120. The van der Waals surface area contributed by atoms with Gasteiger partial charge in [0, 0.05) is 31.2 Å². The number of halogens is 1. The maximum absolute atomic E-state index is 13.9. The average Bonchev–Trinajstić information content (AvgIpc) is 3.31. The fraction of sp³-hybridized carbons (Fsp3) is 0.407.